The summed E-state index contributed by atoms with van der Waals surface area (Å²) in [4.78, 5) is 13.3. The Morgan fingerprint density at radius 2 is 1.77 bits per heavy atom. The Labute approximate surface area is 185 Å². The van der Waals surface area contributed by atoms with Crippen LogP contribution in [-0.2, 0) is 17.6 Å². The second-order valence-corrected chi connectivity index (χ2v) is 9.79. The number of carbonyl (C=O) groups is 1. The molecule has 0 radical (unpaired) electrons. The predicted molar refractivity (Wildman–Crippen MR) is 122 cm³/mol. The molecule has 2 fully saturated rings. The van der Waals surface area contributed by atoms with Gasteiger partial charge in [-0.1, -0.05) is 38.1 Å². The molecule has 31 heavy (non-hydrogen) atoms. The van der Waals surface area contributed by atoms with Crippen molar-refractivity contribution in [2.24, 2.45) is 16.7 Å². The number of hydrogen-bond acceptors (Lipinski definition) is 4. The van der Waals surface area contributed by atoms with Gasteiger partial charge in [0, 0.05) is 23.8 Å². The maximum Gasteiger partial charge on any atom is 0.139 e. The minimum atomic E-state index is -0.467. The quantitative estimate of drug-likeness (QED) is 0.713. The maximum atomic E-state index is 13.3. The zero-order valence-electron chi connectivity index (χ0n) is 19.1. The van der Waals surface area contributed by atoms with Crippen molar-refractivity contribution in [1.29, 1.82) is 0 Å². The minimum absolute atomic E-state index is 0.169. The third kappa shape index (κ3) is 3.76. The summed E-state index contributed by atoms with van der Waals surface area (Å²) in [6, 6.07) is 14.3. The zero-order valence-corrected chi connectivity index (χ0v) is 19.1. The molecule has 0 aromatic heterocycles. The number of Topliss-reactive ketones (excluding diaryl/α,β-unsaturated/α-hetero) is 1. The molecule has 2 saturated carbocycles. The van der Waals surface area contributed by atoms with E-state index in [2.05, 4.69) is 32.0 Å². The number of aliphatic hydroxyl groups excluding tert-OH is 1. The predicted octanol–water partition coefficient (Wildman–Crippen LogP) is 4.98. The van der Waals surface area contributed by atoms with E-state index < -0.39 is 5.41 Å². The highest BCUT2D eigenvalue weighted by molar-refractivity contribution is 5.86. The first-order valence-corrected chi connectivity index (χ1v) is 11.3. The first-order chi connectivity index (χ1) is 14.8. The fraction of sp³-hybridized carbons (Fsp3) is 0.519. The van der Waals surface area contributed by atoms with Crippen LogP contribution in [0.25, 0.3) is 0 Å². The average molecular weight is 423 g/mol. The van der Waals surface area contributed by atoms with Gasteiger partial charge in [-0.15, -0.1) is 0 Å². The number of carbonyl (C=O) groups excluding carboxylic acids is 1. The number of ether oxygens (including phenoxy) is 2. The molecule has 4 rings (SSSR count). The molecule has 166 valence electrons. The van der Waals surface area contributed by atoms with E-state index in [-0.39, 0.29) is 17.4 Å². The van der Waals surface area contributed by atoms with Gasteiger partial charge in [-0.25, -0.2) is 0 Å². The van der Waals surface area contributed by atoms with Gasteiger partial charge in [0.1, 0.15) is 17.3 Å². The second-order valence-electron chi connectivity index (χ2n) is 9.79. The molecule has 2 aromatic rings. The molecule has 0 amide bonds. The highest BCUT2D eigenvalue weighted by Gasteiger charge is 2.58. The lowest BCUT2D eigenvalue weighted by Crippen LogP contribution is -2.50. The number of methoxy groups -OCH3 is 2. The molecule has 0 spiro atoms. The van der Waals surface area contributed by atoms with E-state index in [1.807, 2.05) is 24.3 Å². The maximum absolute atomic E-state index is 13.3. The van der Waals surface area contributed by atoms with Gasteiger partial charge in [0.2, 0.25) is 0 Å². The van der Waals surface area contributed by atoms with Crippen LogP contribution in [0.2, 0.25) is 0 Å². The average Bonchev–Trinajstić information content (AvgIpc) is 3.08. The molecule has 2 aromatic carbocycles. The SMILES string of the molecule is COc1ccc(Cc2c(CC3(C)C(=O)CCC4(C)C(O)CCC34)cccc2OC)cc1. The van der Waals surface area contributed by atoms with E-state index >= 15 is 0 Å². The van der Waals surface area contributed by atoms with Crippen molar-refractivity contribution in [3.05, 3.63) is 59.2 Å². The number of aliphatic hydroxyl groups is 1. The van der Waals surface area contributed by atoms with Crippen molar-refractivity contribution in [1.82, 2.24) is 0 Å². The molecule has 0 bridgehead atoms. The highest BCUT2D eigenvalue weighted by Crippen LogP contribution is 2.59. The van der Waals surface area contributed by atoms with E-state index in [9.17, 15) is 9.90 Å². The summed E-state index contributed by atoms with van der Waals surface area (Å²) in [6.45, 7) is 4.32. The summed E-state index contributed by atoms with van der Waals surface area (Å²) in [5.41, 5.74) is 2.84. The summed E-state index contributed by atoms with van der Waals surface area (Å²) in [6.07, 6.45) is 4.16. The second kappa shape index (κ2) is 8.31. The van der Waals surface area contributed by atoms with Crippen molar-refractivity contribution in [3.63, 3.8) is 0 Å². The van der Waals surface area contributed by atoms with Gasteiger partial charge < -0.3 is 14.6 Å². The Hall–Kier alpha value is -2.33. The molecule has 0 aliphatic heterocycles. The zero-order chi connectivity index (χ0) is 22.2. The van der Waals surface area contributed by atoms with E-state index in [0.29, 0.717) is 18.6 Å². The Kier molecular flexibility index (Phi) is 5.87. The topological polar surface area (TPSA) is 55.8 Å². The van der Waals surface area contributed by atoms with Crippen LogP contribution >= 0.6 is 0 Å². The van der Waals surface area contributed by atoms with Crippen molar-refractivity contribution in [2.75, 3.05) is 14.2 Å². The van der Waals surface area contributed by atoms with E-state index in [4.69, 9.17) is 9.47 Å². The molecule has 2 aliphatic carbocycles. The number of ketones is 1. The molecular weight excluding hydrogens is 388 g/mol. The first kappa shape index (κ1) is 21.9. The van der Waals surface area contributed by atoms with Crippen LogP contribution in [-0.4, -0.2) is 31.2 Å². The van der Waals surface area contributed by atoms with Gasteiger partial charge in [-0.05, 0) is 66.3 Å². The van der Waals surface area contributed by atoms with Crippen LogP contribution < -0.4 is 9.47 Å². The van der Waals surface area contributed by atoms with Gasteiger partial charge in [0.25, 0.3) is 0 Å². The summed E-state index contributed by atoms with van der Waals surface area (Å²) in [5.74, 6) is 2.23. The van der Waals surface area contributed by atoms with Gasteiger partial charge in [0.15, 0.2) is 0 Å². The normalized spacial score (nSPS) is 30.2. The fourth-order valence-electron chi connectivity index (χ4n) is 6.20. The monoisotopic (exact) mass is 422 g/mol. The Morgan fingerprint density at radius 3 is 2.45 bits per heavy atom. The van der Waals surface area contributed by atoms with E-state index in [0.717, 1.165) is 48.3 Å². The number of fused-ring (bicyclic) bond motifs is 1. The fourth-order valence-corrected chi connectivity index (χ4v) is 6.20. The molecule has 4 heteroatoms. The molecule has 0 heterocycles. The van der Waals surface area contributed by atoms with Crippen molar-refractivity contribution in [2.45, 2.75) is 58.5 Å². The van der Waals surface area contributed by atoms with E-state index in [1.54, 1.807) is 14.2 Å². The van der Waals surface area contributed by atoms with Gasteiger partial charge in [-0.3, -0.25) is 4.79 Å². The first-order valence-electron chi connectivity index (χ1n) is 11.3. The molecule has 4 atom stereocenters. The lowest BCUT2D eigenvalue weighted by atomic mass is 9.54. The minimum Gasteiger partial charge on any atom is -0.497 e. The summed E-state index contributed by atoms with van der Waals surface area (Å²) >= 11 is 0. The third-order valence-corrected chi connectivity index (χ3v) is 8.13. The van der Waals surface area contributed by atoms with Crippen LogP contribution in [0.15, 0.2) is 42.5 Å². The van der Waals surface area contributed by atoms with Crippen LogP contribution in [0.4, 0.5) is 0 Å². The summed E-state index contributed by atoms with van der Waals surface area (Å²) < 4.78 is 11.0. The molecule has 4 unspecified atom stereocenters. The molecule has 4 nitrogen and oxygen atoms in total. The number of hydrogen-bond donors (Lipinski definition) is 1. The van der Waals surface area contributed by atoms with Crippen LogP contribution in [0.5, 0.6) is 11.5 Å². The Balaban J connectivity index is 1.70. The molecule has 2 aliphatic rings. The largest absolute Gasteiger partial charge is 0.497 e. The third-order valence-electron chi connectivity index (χ3n) is 8.13. The molecular formula is C27H34O4. The van der Waals surface area contributed by atoms with Crippen molar-refractivity contribution in [3.8, 4) is 11.5 Å². The molecule has 0 saturated heterocycles. The van der Waals surface area contributed by atoms with Crippen molar-refractivity contribution >= 4 is 5.78 Å². The Bertz CT molecular complexity index is 950. The van der Waals surface area contributed by atoms with Crippen LogP contribution in [0.3, 0.4) is 0 Å². The van der Waals surface area contributed by atoms with Crippen molar-refractivity contribution < 1.29 is 19.4 Å². The lowest BCUT2D eigenvalue weighted by molar-refractivity contribution is -0.143. The standard InChI is InChI=1S/C27H34O4/c1-26-15-14-25(29)27(2,23(26)12-13-24(26)28)17-19-6-5-7-22(31-4)21(19)16-18-8-10-20(30-3)11-9-18/h5-11,23-24,28H,12-17H2,1-4H3. The highest BCUT2D eigenvalue weighted by atomic mass is 16.5. The smallest absolute Gasteiger partial charge is 0.139 e. The number of rotatable bonds is 6. The number of benzene rings is 2. The molecule has 1 N–H and O–H groups in total. The van der Waals surface area contributed by atoms with Gasteiger partial charge in [-0.2, -0.15) is 0 Å². The lowest BCUT2D eigenvalue weighted by Gasteiger charge is -2.49. The summed E-state index contributed by atoms with van der Waals surface area (Å²) in [5, 5.41) is 10.7. The Morgan fingerprint density at radius 1 is 1.03 bits per heavy atom. The van der Waals surface area contributed by atoms with Gasteiger partial charge in [0.05, 0.1) is 20.3 Å². The van der Waals surface area contributed by atoms with Crippen LogP contribution in [0.1, 0.15) is 56.2 Å². The van der Waals surface area contributed by atoms with Gasteiger partial charge >= 0.3 is 0 Å². The van der Waals surface area contributed by atoms with E-state index in [1.165, 1.54) is 5.56 Å². The summed E-state index contributed by atoms with van der Waals surface area (Å²) in [7, 11) is 3.37. The van der Waals surface area contributed by atoms with Crippen LogP contribution in [0, 0.1) is 16.7 Å².